The van der Waals surface area contributed by atoms with Crippen LogP contribution < -0.4 is 14.5 Å². The molecule has 1 aliphatic rings. The van der Waals surface area contributed by atoms with Crippen LogP contribution in [0.1, 0.15) is 129 Å². The number of aromatic nitrogens is 2. The second kappa shape index (κ2) is 20.2. The molecule has 0 N–H and O–H groups in total. The average Bonchev–Trinajstić information content (AvgIpc) is 4.09. The quantitative estimate of drug-likeness (QED) is 0.128. The molecule has 0 saturated carbocycles. The number of benzene rings is 8. The zero-order chi connectivity index (χ0) is 54.2. The van der Waals surface area contributed by atoms with E-state index in [1.54, 1.807) is 0 Å². The molecule has 0 atom stereocenters. The normalized spacial score (nSPS) is 13.2. The smallest absolute Gasteiger partial charge is 0.135 e. The number of hydrogen-bond acceptors (Lipinski definition) is 4. The summed E-state index contributed by atoms with van der Waals surface area (Å²) < 4.78 is 9.39. The van der Waals surface area contributed by atoms with Crippen molar-refractivity contribution in [2.75, 3.05) is 9.80 Å². The van der Waals surface area contributed by atoms with Crippen LogP contribution in [0.5, 0.6) is 11.5 Å². The molecule has 78 heavy (non-hydrogen) atoms. The van der Waals surface area contributed by atoms with Crippen LogP contribution in [-0.2, 0) is 48.1 Å². The molecule has 11 rings (SSSR count). The number of rotatable bonds is 10. The summed E-state index contributed by atoms with van der Waals surface area (Å²) in [7, 11) is 0. The Hall–Kier alpha value is -7.20. The number of anilines is 4. The molecular formula is C72H71N4OPt-3. The fourth-order valence-corrected chi connectivity index (χ4v) is 11.2. The summed E-state index contributed by atoms with van der Waals surface area (Å²) in [4.78, 5) is 9.71. The zero-order valence-electron chi connectivity index (χ0n) is 47.5. The van der Waals surface area contributed by atoms with Crippen LogP contribution in [0.3, 0.4) is 0 Å². The number of hydrogen-bond donors (Lipinski definition) is 0. The number of fused-ring (bicyclic) bond motifs is 4. The number of nitrogens with zero attached hydrogens (tertiary/aromatic N) is 4. The van der Waals surface area contributed by atoms with Crippen LogP contribution in [0.4, 0.5) is 22.7 Å². The van der Waals surface area contributed by atoms with E-state index in [1.165, 1.54) is 38.9 Å². The standard InChI is InChI=1S/C72H71N4O.Pt/c1-68(2,3)52-36-37-73-67(42-52)76-63-35-32-49(48-24-17-14-18-25-48)38-60(63)59-34-33-57(44-64(59)76)77-58-41-54(72(12,13)51-28-21-16-22-29-51)40-56(43-58)75-47-74(65-45-61(69(4,5)6)62(46-66(65)75)70(7,8)9)55-31-23-30-53(39-55)71(10,11)50-26-19-15-20-27-50;/h14-42,45-47H,1-13H3;/q-3;. The number of pyridine rings is 1. The van der Waals surface area contributed by atoms with E-state index in [2.05, 4.69) is 305 Å². The van der Waals surface area contributed by atoms with Gasteiger partial charge in [0.1, 0.15) is 5.82 Å². The van der Waals surface area contributed by atoms with Crippen molar-refractivity contribution < 1.29 is 25.8 Å². The molecule has 0 spiro atoms. The maximum Gasteiger partial charge on any atom is 0.135 e. The first-order valence-corrected chi connectivity index (χ1v) is 27.2. The van der Waals surface area contributed by atoms with Gasteiger partial charge in [0, 0.05) is 66.8 Å². The molecule has 1 aliphatic heterocycles. The van der Waals surface area contributed by atoms with Crippen molar-refractivity contribution in [1.82, 2.24) is 9.55 Å². The van der Waals surface area contributed by atoms with Crippen molar-refractivity contribution >= 4 is 44.6 Å². The Morgan fingerprint density at radius 2 is 1.03 bits per heavy atom. The van der Waals surface area contributed by atoms with Crippen LogP contribution in [0.2, 0.25) is 0 Å². The van der Waals surface area contributed by atoms with E-state index in [9.17, 15) is 0 Å². The van der Waals surface area contributed by atoms with E-state index in [4.69, 9.17) is 9.72 Å². The molecule has 10 aromatic rings. The second-order valence-corrected chi connectivity index (χ2v) is 25.2. The molecule has 3 heterocycles. The van der Waals surface area contributed by atoms with E-state index in [0.717, 1.165) is 61.5 Å². The monoisotopic (exact) mass is 1200 g/mol. The first kappa shape index (κ1) is 54.2. The fraction of sp³-hybridized carbons (Fsp3) is 0.250. The van der Waals surface area contributed by atoms with Gasteiger partial charge in [-0.2, -0.15) is 6.07 Å². The molecule has 0 saturated heterocycles. The van der Waals surface area contributed by atoms with Crippen LogP contribution in [0.25, 0.3) is 38.8 Å². The molecule has 0 bridgehead atoms. The van der Waals surface area contributed by atoms with Gasteiger partial charge in [-0.25, -0.2) is 4.98 Å². The van der Waals surface area contributed by atoms with Gasteiger partial charge in [0.05, 0.1) is 0 Å². The maximum atomic E-state index is 7.15. The summed E-state index contributed by atoms with van der Waals surface area (Å²) in [6, 6.07) is 73.5. The van der Waals surface area contributed by atoms with Crippen molar-refractivity contribution in [2.45, 2.75) is 117 Å². The van der Waals surface area contributed by atoms with Gasteiger partial charge in [-0.3, -0.25) is 0 Å². The summed E-state index contributed by atoms with van der Waals surface area (Å²) in [6.07, 6.45) is 1.92. The SMILES string of the molecule is CC(C)(C)c1ccnc(-n2c3[c-]c(Oc4[c-]c(N5[CH-]N(c6cccc(C(C)(C)c7ccccc7)c6)c6cc(C(C)(C)C)c(C(C)(C)C)cc65)cc(C(C)(C)c5ccccc5)c4)ccc3c3cc(-c4ccccc4)ccc32)c1.[Pt]. The second-order valence-electron chi connectivity index (χ2n) is 25.2. The molecule has 8 aromatic carbocycles. The van der Waals surface area contributed by atoms with Gasteiger partial charge in [-0.1, -0.05) is 211 Å². The van der Waals surface area contributed by atoms with Crippen molar-refractivity contribution in [3.05, 3.63) is 246 Å². The van der Waals surface area contributed by atoms with Gasteiger partial charge >= 0.3 is 0 Å². The van der Waals surface area contributed by atoms with Crippen LogP contribution in [-0.4, -0.2) is 9.55 Å². The summed E-state index contributed by atoms with van der Waals surface area (Å²) in [6.45, 7) is 32.2. The van der Waals surface area contributed by atoms with Crippen molar-refractivity contribution in [2.24, 2.45) is 0 Å². The van der Waals surface area contributed by atoms with Gasteiger partial charge < -0.3 is 19.1 Å². The summed E-state index contributed by atoms with van der Waals surface area (Å²) in [5.74, 6) is 2.02. The molecular weight excluding hydrogens is 1130 g/mol. The molecule has 398 valence electrons. The third-order valence-corrected chi connectivity index (χ3v) is 15.9. The molecule has 5 nitrogen and oxygen atoms in total. The predicted molar refractivity (Wildman–Crippen MR) is 323 cm³/mol. The maximum absolute atomic E-state index is 7.15. The largest absolute Gasteiger partial charge is 0.509 e. The van der Waals surface area contributed by atoms with E-state index in [0.29, 0.717) is 11.5 Å². The van der Waals surface area contributed by atoms with Gasteiger partial charge in [-0.05, 0) is 114 Å². The minimum absolute atomic E-state index is 0. The molecule has 6 heteroatoms. The van der Waals surface area contributed by atoms with E-state index >= 15 is 0 Å². The van der Waals surface area contributed by atoms with E-state index < -0.39 is 5.41 Å². The van der Waals surface area contributed by atoms with Crippen LogP contribution >= 0.6 is 0 Å². The summed E-state index contributed by atoms with van der Waals surface area (Å²) in [5.41, 5.74) is 16.2. The third kappa shape index (κ3) is 10.1. The minimum Gasteiger partial charge on any atom is -0.509 e. The Morgan fingerprint density at radius 3 is 1.64 bits per heavy atom. The summed E-state index contributed by atoms with van der Waals surface area (Å²) >= 11 is 0. The van der Waals surface area contributed by atoms with Crippen molar-refractivity contribution in [1.29, 1.82) is 0 Å². The molecule has 0 fully saturated rings. The van der Waals surface area contributed by atoms with Crippen LogP contribution in [0, 0.1) is 18.8 Å². The first-order chi connectivity index (χ1) is 36.6. The Kier molecular flexibility index (Phi) is 14.0. The molecule has 2 aromatic heterocycles. The van der Waals surface area contributed by atoms with Gasteiger partial charge in [0.2, 0.25) is 0 Å². The van der Waals surface area contributed by atoms with Crippen molar-refractivity contribution in [3.8, 4) is 28.4 Å². The predicted octanol–water partition coefficient (Wildman–Crippen LogP) is 19.2. The number of ether oxygens (including phenoxy) is 1. The van der Waals surface area contributed by atoms with Gasteiger partial charge in [0.15, 0.2) is 0 Å². The third-order valence-electron chi connectivity index (χ3n) is 15.9. The van der Waals surface area contributed by atoms with Crippen LogP contribution in [0.15, 0.2) is 188 Å². The van der Waals surface area contributed by atoms with Gasteiger partial charge in [-0.15, -0.1) is 53.6 Å². The Labute approximate surface area is 478 Å². The van der Waals surface area contributed by atoms with E-state index in [1.807, 2.05) is 6.20 Å². The average molecular weight is 1200 g/mol. The van der Waals surface area contributed by atoms with Gasteiger partial charge in [0.25, 0.3) is 0 Å². The minimum atomic E-state index is -0.407. The Bertz CT molecular complexity index is 3820. The molecule has 0 amide bonds. The fourth-order valence-electron chi connectivity index (χ4n) is 11.2. The molecule has 0 unspecified atom stereocenters. The zero-order valence-corrected chi connectivity index (χ0v) is 49.8. The van der Waals surface area contributed by atoms with E-state index in [-0.39, 0.29) is 42.7 Å². The molecule has 0 radical (unpaired) electrons. The Balaban J connectivity index is 0.00000688. The molecule has 0 aliphatic carbocycles. The topological polar surface area (TPSA) is 33.5 Å². The van der Waals surface area contributed by atoms with Crippen molar-refractivity contribution in [3.63, 3.8) is 0 Å². The Morgan fingerprint density at radius 1 is 0.436 bits per heavy atom. The summed E-state index contributed by atoms with van der Waals surface area (Å²) in [5, 5.41) is 2.19. The first-order valence-electron chi connectivity index (χ1n) is 27.2.